The largest absolute Gasteiger partial charge is 0.325 e. The number of amides is 1. The number of carbonyl (C=O) groups is 1. The number of thioether (sulfide) groups is 1. The molecule has 0 bridgehead atoms. The molecular formula is C21H17FN4O2S2. The molecule has 30 heavy (non-hydrogen) atoms. The molecule has 4 aromatic rings. The Balaban J connectivity index is 1.63. The molecule has 2 aromatic heterocycles. The van der Waals surface area contributed by atoms with Crippen molar-refractivity contribution in [2.24, 2.45) is 0 Å². The fraction of sp³-hybridized carbons (Fsp3) is 0.143. The Kier molecular flexibility index (Phi) is 5.91. The van der Waals surface area contributed by atoms with Crippen LogP contribution in [0.4, 0.5) is 10.1 Å². The summed E-state index contributed by atoms with van der Waals surface area (Å²) in [6, 6.07) is 15.2. The summed E-state index contributed by atoms with van der Waals surface area (Å²) in [5.74, 6) is -0.702. The molecule has 0 radical (unpaired) electrons. The number of hydrogen-bond acceptors (Lipinski definition) is 6. The lowest BCUT2D eigenvalue weighted by molar-refractivity contribution is -0.113. The van der Waals surface area contributed by atoms with Crippen LogP contribution in [0.2, 0.25) is 0 Å². The molecule has 0 unspecified atom stereocenters. The third-order valence-electron chi connectivity index (χ3n) is 4.35. The summed E-state index contributed by atoms with van der Waals surface area (Å²) >= 11 is 2.29. The minimum absolute atomic E-state index is 0.0344. The highest BCUT2D eigenvalue weighted by atomic mass is 32.2. The van der Waals surface area contributed by atoms with E-state index in [1.807, 2.05) is 37.3 Å². The first-order valence-electron chi connectivity index (χ1n) is 9.20. The Bertz CT molecular complexity index is 1270. The smallest absolute Gasteiger partial charge is 0.273 e. The molecule has 0 saturated carbocycles. The third kappa shape index (κ3) is 4.12. The summed E-state index contributed by atoms with van der Waals surface area (Å²) in [4.78, 5) is 29.9. The van der Waals surface area contributed by atoms with Gasteiger partial charge in [0, 0.05) is 17.8 Å². The lowest BCUT2D eigenvalue weighted by Crippen LogP contribution is -2.22. The Hall–Kier alpha value is -3.04. The molecule has 6 nitrogen and oxygen atoms in total. The van der Waals surface area contributed by atoms with Gasteiger partial charge in [-0.05, 0) is 36.7 Å². The van der Waals surface area contributed by atoms with Crippen LogP contribution in [-0.2, 0) is 11.3 Å². The molecule has 2 aromatic carbocycles. The Morgan fingerprint density at radius 1 is 1.20 bits per heavy atom. The molecule has 152 valence electrons. The molecule has 9 heteroatoms. The summed E-state index contributed by atoms with van der Waals surface area (Å²) < 4.78 is 19.8. The maximum absolute atomic E-state index is 13.3. The molecule has 0 atom stereocenters. The van der Waals surface area contributed by atoms with Gasteiger partial charge in [-0.1, -0.05) is 48.2 Å². The van der Waals surface area contributed by atoms with E-state index < -0.39 is 5.82 Å². The van der Waals surface area contributed by atoms with Crippen molar-refractivity contribution in [1.29, 1.82) is 0 Å². The van der Waals surface area contributed by atoms with Crippen molar-refractivity contribution in [3.63, 3.8) is 0 Å². The quantitative estimate of drug-likeness (QED) is 0.355. The maximum Gasteiger partial charge on any atom is 0.273 e. The first-order valence-corrected chi connectivity index (χ1v) is 11.0. The first-order chi connectivity index (χ1) is 14.6. The third-order valence-corrected chi connectivity index (χ3v) is 6.15. The van der Waals surface area contributed by atoms with Crippen molar-refractivity contribution in [1.82, 2.24) is 13.9 Å². The Morgan fingerprint density at radius 3 is 2.73 bits per heavy atom. The van der Waals surface area contributed by atoms with Gasteiger partial charge < -0.3 is 5.32 Å². The van der Waals surface area contributed by atoms with Gasteiger partial charge in [-0.2, -0.15) is 4.37 Å². The van der Waals surface area contributed by atoms with Gasteiger partial charge in [0.15, 0.2) is 5.16 Å². The number of hydrogen-bond donors (Lipinski definition) is 1. The van der Waals surface area contributed by atoms with Gasteiger partial charge in [-0.3, -0.25) is 14.2 Å². The highest BCUT2D eigenvalue weighted by Crippen LogP contribution is 2.29. The number of anilines is 1. The van der Waals surface area contributed by atoms with Crippen molar-refractivity contribution >= 4 is 45.1 Å². The van der Waals surface area contributed by atoms with Gasteiger partial charge in [0.25, 0.3) is 5.56 Å². The van der Waals surface area contributed by atoms with Gasteiger partial charge in [-0.25, -0.2) is 9.37 Å². The molecule has 0 aliphatic carbocycles. The lowest BCUT2D eigenvalue weighted by atomic mass is 10.1. The van der Waals surface area contributed by atoms with E-state index in [0.717, 1.165) is 28.9 Å². The second-order valence-electron chi connectivity index (χ2n) is 6.37. The minimum Gasteiger partial charge on any atom is -0.325 e. The van der Waals surface area contributed by atoms with Crippen LogP contribution in [-0.4, -0.2) is 25.6 Å². The molecule has 0 saturated heterocycles. The number of fused-ring (bicyclic) bond motifs is 1. The normalized spacial score (nSPS) is 11.0. The molecule has 1 N–H and O–H groups in total. The summed E-state index contributed by atoms with van der Waals surface area (Å²) in [5.41, 5.74) is 2.28. The van der Waals surface area contributed by atoms with Gasteiger partial charge in [0.2, 0.25) is 5.91 Å². The Morgan fingerprint density at radius 2 is 2.00 bits per heavy atom. The summed E-state index contributed by atoms with van der Waals surface area (Å²) in [6.07, 6.45) is 0. The van der Waals surface area contributed by atoms with Crippen LogP contribution in [0.25, 0.3) is 21.5 Å². The number of rotatable bonds is 6. The highest BCUT2D eigenvalue weighted by Gasteiger charge is 2.18. The second kappa shape index (κ2) is 8.76. The Labute approximate surface area is 179 Å². The van der Waals surface area contributed by atoms with Gasteiger partial charge in [0.1, 0.15) is 21.7 Å². The van der Waals surface area contributed by atoms with Crippen LogP contribution in [0, 0.1) is 5.82 Å². The van der Waals surface area contributed by atoms with Crippen LogP contribution in [0.5, 0.6) is 0 Å². The van der Waals surface area contributed by atoms with Crippen LogP contribution >= 0.6 is 23.3 Å². The van der Waals surface area contributed by atoms with Gasteiger partial charge in [0.05, 0.1) is 5.75 Å². The van der Waals surface area contributed by atoms with Gasteiger partial charge >= 0.3 is 0 Å². The van der Waals surface area contributed by atoms with E-state index in [0.29, 0.717) is 33.3 Å². The molecule has 2 heterocycles. The number of nitrogens with zero attached hydrogens (tertiary/aromatic N) is 3. The van der Waals surface area contributed by atoms with E-state index in [9.17, 15) is 14.0 Å². The molecule has 0 aliphatic heterocycles. The van der Waals surface area contributed by atoms with Crippen molar-refractivity contribution in [2.45, 2.75) is 18.6 Å². The van der Waals surface area contributed by atoms with Crippen molar-refractivity contribution in [3.05, 3.63) is 70.8 Å². The first kappa shape index (κ1) is 20.2. The summed E-state index contributed by atoms with van der Waals surface area (Å²) in [6.45, 7) is 2.28. The van der Waals surface area contributed by atoms with E-state index in [-0.39, 0.29) is 17.2 Å². The van der Waals surface area contributed by atoms with Crippen molar-refractivity contribution < 1.29 is 9.18 Å². The molecular weight excluding hydrogens is 423 g/mol. The zero-order valence-corrected chi connectivity index (χ0v) is 17.6. The number of halogens is 1. The summed E-state index contributed by atoms with van der Waals surface area (Å²) in [5, 5.41) is 3.10. The van der Waals surface area contributed by atoms with Crippen molar-refractivity contribution in [3.8, 4) is 11.3 Å². The molecule has 0 aliphatic rings. The van der Waals surface area contributed by atoms with Crippen LogP contribution in [0.3, 0.4) is 0 Å². The predicted octanol–water partition coefficient (Wildman–Crippen LogP) is 4.41. The van der Waals surface area contributed by atoms with E-state index in [1.165, 1.54) is 22.8 Å². The lowest BCUT2D eigenvalue weighted by Gasteiger charge is -2.10. The zero-order valence-electron chi connectivity index (χ0n) is 16.0. The van der Waals surface area contributed by atoms with E-state index in [4.69, 9.17) is 0 Å². The topological polar surface area (TPSA) is 76.9 Å². The number of nitrogens with one attached hydrogen (secondary N) is 1. The van der Waals surface area contributed by atoms with Crippen molar-refractivity contribution in [2.75, 3.05) is 11.1 Å². The second-order valence-corrected chi connectivity index (χ2v) is 8.08. The average Bonchev–Trinajstić information content (AvgIpc) is 3.17. The molecule has 0 spiro atoms. The zero-order chi connectivity index (χ0) is 21.1. The average molecular weight is 441 g/mol. The van der Waals surface area contributed by atoms with Crippen LogP contribution < -0.4 is 10.9 Å². The van der Waals surface area contributed by atoms with Crippen LogP contribution in [0.15, 0.2) is 64.5 Å². The number of aromatic nitrogens is 3. The molecule has 0 fully saturated rings. The number of carbonyl (C=O) groups excluding carboxylic acids is 1. The standard InChI is InChI=1S/C21H17FN4O2S2/c1-2-26-20(28)19-18(17(25-30-19)13-7-4-3-5-8-13)24-21(26)29-12-16(27)23-15-10-6-9-14(22)11-15/h3-11H,2,12H2,1H3,(H,23,27). The van der Waals surface area contributed by atoms with Gasteiger partial charge in [-0.15, -0.1) is 0 Å². The fourth-order valence-corrected chi connectivity index (χ4v) is 4.61. The monoisotopic (exact) mass is 440 g/mol. The van der Waals surface area contributed by atoms with E-state index in [2.05, 4.69) is 14.7 Å². The maximum atomic E-state index is 13.3. The SMILES string of the molecule is CCn1c(SCC(=O)Nc2cccc(F)c2)nc2c(-c3ccccc3)nsc2c1=O. The number of benzene rings is 2. The van der Waals surface area contributed by atoms with Crippen LogP contribution in [0.1, 0.15) is 6.92 Å². The summed E-state index contributed by atoms with van der Waals surface area (Å²) in [7, 11) is 0. The predicted molar refractivity (Wildman–Crippen MR) is 119 cm³/mol. The minimum atomic E-state index is -0.425. The molecule has 4 rings (SSSR count). The fourth-order valence-electron chi connectivity index (χ4n) is 2.96. The van der Waals surface area contributed by atoms with E-state index in [1.54, 1.807) is 6.07 Å². The molecule has 1 amide bonds. The highest BCUT2D eigenvalue weighted by molar-refractivity contribution is 7.99. The van der Waals surface area contributed by atoms with E-state index >= 15 is 0 Å².